The summed E-state index contributed by atoms with van der Waals surface area (Å²) in [5, 5.41) is 4.45. The molecule has 2 aliphatic heterocycles. The molecule has 2 aromatic rings. The maximum absolute atomic E-state index is 13.4. The fourth-order valence-corrected chi connectivity index (χ4v) is 5.16. The SMILES string of the molecule is Cc1c(C(=O)N2CCC3(CCNC3)CC2)sc2cc(F)ccc12.Cl. The molecule has 1 aromatic carbocycles. The summed E-state index contributed by atoms with van der Waals surface area (Å²) in [6.45, 7) is 5.84. The number of thiophene rings is 1. The molecule has 3 heterocycles. The lowest BCUT2D eigenvalue weighted by atomic mass is 9.78. The topological polar surface area (TPSA) is 32.3 Å². The third kappa shape index (κ3) is 2.93. The number of carbonyl (C=O) groups is 1. The molecule has 0 aliphatic carbocycles. The fourth-order valence-electron chi connectivity index (χ4n) is 3.95. The van der Waals surface area contributed by atoms with E-state index in [0.29, 0.717) is 5.41 Å². The van der Waals surface area contributed by atoms with Gasteiger partial charge < -0.3 is 10.2 Å². The first-order valence-electron chi connectivity index (χ1n) is 8.27. The quantitative estimate of drug-likeness (QED) is 0.825. The van der Waals surface area contributed by atoms with Gasteiger partial charge in [0, 0.05) is 24.3 Å². The van der Waals surface area contributed by atoms with Crippen molar-refractivity contribution in [2.75, 3.05) is 26.2 Å². The maximum atomic E-state index is 13.4. The minimum Gasteiger partial charge on any atom is -0.338 e. The van der Waals surface area contributed by atoms with Crippen LogP contribution in [0.3, 0.4) is 0 Å². The molecule has 0 unspecified atom stereocenters. The van der Waals surface area contributed by atoms with Crippen molar-refractivity contribution in [1.29, 1.82) is 0 Å². The van der Waals surface area contributed by atoms with E-state index in [9.17, 15) is 9.18 Å². The Balaban J connectivity index is 0.00000169. The van der Waals surface area contributed by atoms with Crippen LogP contribution in [0, 0.1) is 18.2 Å². The van der Waals surface area contributed by atoms with E-state index in [1.165, 1.54) is 29.9 Å². The Morgan fingerprint density at radius 2 is 2.04 bits per heavy atom. The third-order valence-corrected chi connectivity index (χ3v) is 6.78. The van der Waals surface area contributed by atoms with Gasteiger partial charge in [0.25, 0.3) is 5.91 Å². The van der Waals surface area contributed by atoms with Crippen molar-refractivity contribution in [3.63, 3.8) is 0 Å². The molecule has 1 spiro atoms. The lowest BCUT2D eigenvalue weighted by Crippen LogP contribution is -2.43. The van der Waals surface area contributed by atoms with E-state index in [4.69, 9.17) is 0 Å². The van der Waals surface area contributed by atoms with Crippen LogP contribution in [0.2, 0.25) is 0 Å². The number of amides is 1. The van der Waals surface area contributed by atoms with Gasteiger partial charge in [-0.2, -0.15) is 0 Å². The van der Waals surface area contributed by atoms with Crippen LogP contribution in [-0.4, -0.2) is 37.0 Å². The molecule has 4 rings (SSSR count). The number of halogens is 2. The van der Waals surface area contributed by atoms with Crippen LogP contribution >= 0.6 is 23.7 Å². The highest BCUT2D eigenvalue weighted by atomic mass is 35.5. The van der Waals surface area contributed by atoms with E-state index in [2.05, 4.69) is 5.32 Å². The van der Waals surface area contributed by atoms with Gasteiger partial charge in [-0.1, -0.05) is 6.07 Å². The second-order valence-corrected chi connectivity index (χ2v) is 7.97. The molecule has 3 nitrogen and oxygen atoms in total. The molecule has 0 radical (unpaired) electrons. The van der Waals surface area contributed by atoms with Crippen LogP contribution in [0.25, 0.3) is 10.1 Å². The van der Waals surface area contributed by atoms with Crippen molar-refractivity contribution in [3.05, 3.63) is 34.5 Å². The van der Waals surface area contributed by atoms with E-state index in [1.807, 2.05) is 11.8 Å². The first-order valence-corrected chi connectivity index (χ1v) is 9.08. The number of hydrogen-bond acceptors (Lipinski definition) is 3. The average molecular weight is 369 g/mol. The lowest BCUT2D eigenvalue weighted by molar-refractivity contribution is 0.0612. The molecule has 1 N–H and O–H groups in total. The molecule has 0 bridgehead atoms. The first kappa shape index (κ1) is 17.6. The molecule has 1 amide bonds. The van der Waals surface area contributed by atoms with E-state index in [-0.39, 0.29) is 24.1 Å². The second kappa shape index (κ2) is 6.62. The number of likely N-dealkylation sites (tertiary alicyclic amines) is 1. The molecule has 0 atom stereocenters. The summed E-state index contributed by atoms with van der Waals surface area (Å²) in [5.41, 5.74) is 1.40. The molecule has 1 aromatic heterocycles. The number of benzene rings is 1. The standard InChI is InChI=1S/C18H21FN2OS.ClH/c1-12-14-3-2-13(19)10-15(14)23-16(12)17(22)21-8-5-18(6-9-21)4-7-20-11-18;/h2-3,10,20H,4-9,11H2,1H3;1H. The van der Waals surface area contributed by atoms with Gasteiger partial charge in [-0.05, 0) is 61.2 Å². The molecule has 0 saturated carbocycles. The summed E-state index contributed by atoms with van der Waals surface area (Å²) in [4.78, 5) is 15.7. The van der Waals surface area contributed by atoms with Crippen LogP contribution in [-0.2, 0) is 0 Å². The highest BCUT2D eigenvalue weighted by Gasteiger charge is 2.38. The number of carbonyl (C=O) groups excluding carboxylic acids is 1. The molecule has 130 valence electrons. The average Bonchev–Trinajstić information content (AvgIpc) is 3.13. The summed E-state index contributed by atoms with van der Waals surface area (Å²) in [6, 6.07) is 4.77. The molecule has 2 saturated heterocycles. The van der Waals surface area contributed by atoms with Crippen molar-refractivity contribution in [3.8, 4) is 0 Å². The predicted molar refractivity (Wildman–Crippen MR) is 98.8 cm³/mol. The van der Waals surface area contributed by atoms with Crippen LogP contribution < -0.4 is 5.32 Å². The summed E-state index contributed by atoms with van der Waals surface area (Å²) in [6.07, 6.45) is 3.41. The molecule has 2 aliphatic rings. The summed E-state index contributed by atoms with van der Waals surface area (Å²) >= 11 is 1.42. The Labute approximate surface area is 151 Å². The van der Waals surface area contributed by atoms with Crippen molar-refractivity contribution in [2.45, 2.75) is 26.2 Å². The Kier molecular flexibility index (Phi) is 4.87. The Morgan fingerprint density at radius 3 is 2.71 bits per heavy atom. The van der Waals surface area contributed by atoms with Gasteiger partial charge in [0.15, 0.2) is 0 Å². The van der Waals surface area contributed by atoms with E-state index >= 15 is 0 Å². The van der Waals surface area contributed by atoms with Gasteiger partial charge in [-0.3, -0.25) is 4.79 Å². The van der Waals surface area contributed by atoms with Gasteiger partial charge in [0.2, 0.25) is 0 Å². The highest BCUT2D eigenvalue weighted by Crippen LogP contribution is 2.38. The number of fused-ring (bicyclic) bond motifs is 1. The lowest BCUT2D eigenvalue weighted by Gasteiger charge is -2.38. The molecule has 6 heteroatoms. The number of rotatable bonds is 1. The number of piperidine rings is 1. The van der Waals surface area contributed by atoms with Crippen molar-refractivity contribution in [1.82, 2.24) is 10.2 Å². The predicted octanol–water partition coefficient (Wildman–Crippen LogP) is 3.99. The normalized spacial score (nSPS) is 19.7. The zero-order valence-corrected chi connectivity index (χ0v) is 15.4. The summed E-state index contributed by atoms with van der Waals surface area (Å²) in [5.74, 6) is -0.128. The van der Waals surface area contributed by atoms with Gasteiger partial charge in [-0.15, -0.1) is 23.7 Å². The molecular formula is C18H22ClFN2OS. The minimum atomic E-state index is -0.244. The zero-order chi connectivity index (χ0) is 16.0. The Morgan fingerprint density at radius 1 is 1.29 bits per heavy atom. The number of nitrogens with zero attached hydrogens (tertiary/aromatic N) is 1. The van der Waals surface area contributed by atoms with E-state index in [1.54, 1.807) is 6.07 Å². The van der Waals surface area contributed by atoms with Crippen LogP contribution in [0.4, 0.5) is 4.39 Å². The third-order valence-electron chi connectivity index (χ3n) is 5.54. The van der Waals surface area contributed by atoms with E-state index < -0.39 is 0 Å². The second-order valence-electron chi connectivity index (χ2n) is 6.92. The van der Waals surface area contributed by atoms with Crippen molar-refractivity contribution < 1.29 is 9.18 Å². The molecule has 24 heavy (non-hydrogen) atoms. The van der Waals surface area contributed by atoms with E-state index in [0.717, 1.165) is 59.5 Å². The van der Waals surface area contributed by atoms with Crippen LogP contribution in [0.15, 0.2) is 18.2 Å². The summed E-state index contributed by atoms with van der Waals surface area (Å²) < 4.78 is 14.3. The number of aryl methyl sites for hydroxylation is 1. The zero-order valence-electron chi connectivity index (χ0n) is 13.7. The molecule has 2 fully saturated rings. The van der Waals surface area contributed by atoms with Gasteiger partial charge in [0.1, 0.15) is 5.82 Å². The Bertz CT molecular complexity index is 760. The highest BCUT2D eigenvalue weighted by molar-refractivity contribution is 7.21. The number of nitrogens with one attached hydrogen (secondary N) is 1. The van der Waals surface area contributed by atoms with Crippen molar-refractivity contribution in [2.24, 2.45) is 5.41 Å². The monoisotopic (exact) mass is 368 g/mol. The maximum Gasteiger partial charge on any atom is 0.264 e. The van der Waals surface area contributed by atoms with Crippen molar-refractivity contribution >= 4 is 39.7 Å². The first-order chi connectivity index (χ1) is 11.1. The summed E-state index contributed by atoms with van der Waals surface area (Å²) in [7, 11) is 0. The minimum absolute atomic E-state index is 0. The molecular weight excluding hydrogens is 347 g/mol. The Hall–Kier alpha value is -1.17. The fraction of sp³-hybridized carbons (Fsp3) is 0.500. The largest absolute Gasteiger partial charge is 0.338 e. The smallest absolute Gasteiger partial charge is 0.264 e. The van der Waals surface area contributed by atoms with Gasteiger partial charge in [0.05, 0.1) is 4.88 Å². The van der Waals surface area contributed by atoms with Crippen LogP contribution in [0.5, 0.6) is 0 Å². The van der Waals surface area contributed by atoms with Crippen LogP contribution in [0.1, 0.15) is 34.5 Å². The van der Waals surface area contributed by atoms with Gasteiger partial charge >= 0.3 is 0 Å². The van der Waals surface area contributed by atoms with Gasteiger partial charge in [-0.25, -0.2) is 4.39 Å². The number of hydrogen-bond donors (Lipinski definition) is 1.